The fraction of sp³-hybridized carbons (Fsp3) is 0.143. The molecule has 8 nitrogen and oxygen atoms in total. The summed E-state index contributed by atoms with van der Waals surface area (Å²) in [5, 5.41) is 6.09. The van der Waals surface area contributed by atoms with Gasteiger partial charge in [0.25, 0.3) is 0 Å². The molecule has 0 radical (unpaired) electrons. The second-order valence-corrected chi connectivity index (χ2v) is 12.4. The van der Waals surface area contributed by atoms with Crippen molar-refractivity contribution in [2.24, 2.45) is 0 Å². The zero-order valence-corrected chi connectivity index (χ0v) is 27.8. The maximum Gasteiger partial charge on any atom is 0.337 e. The number of piperazine rings is 1. The van der Waals surface area contributed by atoms with E-state index < -0.39 is 5.54 Å². The number of hydrogen-bond acceptors (Lipinski definition) is 7. The lowest BCUT2D eigenvalue weighted by molar-refractivity contribution is 0.0600. The van der Waals surface area contributed by atoms with E-state index in [4.69, 9.17) is 14.8 Å². The molecule has 1 aliphatic heterocycles. The van der Waals surface area contributed by atoms with Gasteiger partial charge in [0, 0.05) is 49.0 Å². The second kappa shape index (κ2) is 13.3. The number of fused-ring (bicyclic) bond motifs is 1. The first-order valence-electron chi connectivity index (χ1n) is 16.8. The van der Waals surface area contributed by atoms with Crippen LogP contribution in [0.2, 0.25) is 0 Å². The van der Waals surface area contributed by atoms with Crippen LogP contribution >= 0.6 is 0 Å². The lowest BCUT2D eigenvalue weighted by atomic mass is 9.77. The SMILES string of the molecule is COC(=O)c1cccc(N2CCN(c3ncnc4ccc(-c5cnn(C(c6ccccc6)(c6ccccc6)c6ccccc6)c5)cc34)CC2)c1. The maximum atomic E-state index is 12.1. The van der Waals surface area contributed by atoms with Crippen molar-refractivity contribution in [3.8, 4) is 11.1 Å². The number of anilines is 2. The average Bonchev–Trinajstić information content (AvgIpc) is 3.69. The Bertz CT molecular complexity index is 2150. The number of rotatable bonds is 8. The Balaban J connectivity index is 1.15. The summed E-state index contributed by atoms with van der Waals surface area (Å²) in [5.41, 5.74) is 7.18. The first-order valence-corrected chi connectivity index (χ1v) is 16.8. The summed E-state index contributed by atoms with van der Waals surface area (Å²) >= 11 is 0. The molecule has 1 saturated heterocycles. The number of esters is 1. The molecule has 3 heterocycles. The van der Waals surface area contributed by atoms with E-state index in [-0.39, 0.29) is 5.97 Å². The van der Waals surface area contributed by atoms with Gasteiger partial charge >= 0.3 is 5.97 Å². The number of ether oxygens (including phenoxy) is 1. The van der Waals surface area contributed by atoms with Gasteiger partial charge in [-0.15, -0.1) is 0 Å². The minimum Gasteiger partial charge on any atom is -0.465 e. The minimum absolute atomic E-state index is 0.329. The molecule has 8 heteroatoms. The Hall–Kier alpha value is -6.28. The fourth-order valence-corrected chi connectivity index (χ4v) is 7.19. The number of hydrogen-bond donors (Lipinski definition) is 0. The summed E-state index contributed by atoms with van der Waals surface area (Å²) in [7, 11) is 1.41. The number of methoxy groups -OCH3 is 1. The molecule has 0 aliphatic carbocycles. The van der Waals surface area contributed by atoms with Gasteiger partial charge in [0.2, 0.25) is 0 Å². The largest absolute Gasteiger partial charge is 0.465 e. The molecule has 1 fully saturated rings. The van der Waals surface area contributed by atoms with Crippen LogP contribution in [0.1, 0.15) is 27.0 Å². The molecule has 8 rings (SSSR count). The summed E-state index contributed by atoms with van der Waals surface area (Å²) in [4.78, 5) is 26.1. The van der Waals surface area contributed by atoms with Gasteiger partial charge in [0.15, 0.2) is 0 Å². The van der Waals surface area contributed by atoms with E-state index in [0.29, 0.717) is 5.56 Å². The van der Waals surface area contributed by atoms with Crippen molar-refractivity contribution in [3.05, 3.63) is 174 Å². The van der Waals surface area contributed by atoms with Crippen LogP contribution in [-0.2, 0) is 10.3 Å². The standard InChI is InChI=1S/C42H36N6O2/c1-50-41(49)32-12-11-19-37(26-32)46-22-24-47(25-23-46)40-38-27-31(20-21-39(38)43-30-44-40)33-28-45-48(29-33)42(34-13-5-2-6-14-34,35-15-7-3-8-16-35)36-17-9-4-10-18-36/h2-21,26-30H,22-25H2,1H3. The van der Waals surface area contributed by atoms with E-state index in [0.717, 1.165) is 76.4 Å². The van der Waals surface area contributed by atoms with Crippen molar-refractivity contribution < 1.29 is 9.53 Å². The monoisotopic (exact) mass is 656 g/mol. The third kappa shape index (κ3) is 5.54. The third-order valence-electron chi connectivity index (χ3n) is 9.66. The van der Waals surface area contributed by atoms with E-state index >= 15 is 0 Å². The predicted octanol–water partition coefficient (Wildman–Crippen LogP) is 7.45. The van der Waals surface area contributed by atoms with Crippen LogP contribution in [0.3, 0.4) is 0 Å². The molecule has 2 aromatic heterocycles. The first kappa shape index (κ1) is 31.0. The fourth-order valence-electron chi connectivity index (χ4n) is 7.19. The molecule has 5 aromatic carbocycles. The summed E-state index contributed by atoms with van der Waals surface area (Å²) in [6.07, 6.45) is 5.75. The molecular formula is C42H36N6O2. The molecule has 0 unspecified atom stereocenters. The third-order valence-corrected chi connectivity index (χ3v) is 9.66. The summed E-state index contributed by atoms with van der Waals surface area (Å²) in [6, 6.07) is 45.7. The predicted molar refractivity (Wildman–Crippen MR) is 198 cm³/mol. The van der Waals surface area contributed by atoms with Crippen molar-refractivity contribution >= 4 is 28.4 Å². The Labute approximate surface area is 291 Å². The summed E-state index contributed by atoms with van der Waals surface area (Å²) in [5.74, 6) is 0.588. The van der Waals surface area contributed by atoms with Crippen LogP contribution in [0.15, 0.2) is 152 Å². The topological polar surface area (TPSA) is 76.4 Å². The highest BCUT2D eigenvalue weighted by Crippen LogP contribution is 2.41. The molecular weight excluding hydrogens is 621 g/mol. The van der Waals surface area contributed by atoms with Gasteiger partial charge in [-0.3, -0.25) is 4.68 Å². The van der Waals surface area contributed by atoms with Gasteiger partial charge in [-0.2, -0.15) is 5.10 Å². The molecule has 50 heavy (non-hydrogen) atoms. The Morgan fingerprint density at radius 2 is 1.28 bits per heavy atom. The molecule has 0 saturated carbocycles. The first-order chi connectivity index (χ1) is 24.6. The molecule has 0 bridgehead atoms. The van der Waals surface area contributed by atoms with Crippen LogP contribution in [0, 0.1) is 0 Å². The molecule has 1 aliphatic rings. The van der Waals surface area contributed by atoms with Gasteiger partial charge in [0.1, 0.15) is 17.7 Å². The highest BCUT2D eigenvalue weighted by molar-refractivity contribution is 5.93. The van der Waals surface area contributed by atoms with Gasteiger partial charge < -0.3 is 14.5 Å². The van der Waals surface area contributed by atoms with E-state index in [1.165, 1.54) is 7.11 Å². The number of carbonyl (C=O) groups is 1. The Morgan fingerprint density at radius 3 is 1.90 bits per heavy atom. The normalized spacial score (nSPS) is 13.4. The van der Waals surface area contributed by atoms with Gasteiger partial charge in [-0.1, -0.05) is 103 Å². The minimum atomic E-state index is -0.691. The van der Waals surface area contributed by atoms with Crippen molar-refractivity contribution in [2.45, 2.75) is 5.54 Å². The van der Waals surface area contributed by atoms with E-state index in [1.807, 2.05) is 24.4 Å². The van der Waals surface area contributed by atoms with Crippen molar-refractivity contribution in [1.82, 2.24) is 19.7 Å². The van der Waals surface area contributed by atoms with E-state index in [9.17, 15) is 4.79 Å². The number of benzene rings is 5. The van der Waals surface area contributed by atoms with Crippen LogP contribution in [-0.4, -0.2) is 59.0 Å². The smallest absolute Gasteiger partial charge is 0.337 e. The highest BCUT2D eigenvalue weighted by atomic mass is 16.5. The zero-order chi connectivity index (χ0) is 33.9. The molecule has 0 amide bonds. The average molecular weight is 657 g/mol. The Morgan fingerprint density at radius 1 is 0.660 bits per heavy atom. The van der Waals surface area contributed by atoms with Crippen molar-refractivity contribution in [1.29, 1.82) is 0 Å². The zero-order valence-electron chi connectivity index (χ0n) is 27.8. The molecule has 0 N–H and O–H groups in total. The van der Waals surface area contributed by atoms with Crippen molar-refractivity contribution in [2.75, 3.05) is 43.1 Å². The molecule has 246 valence electrons. The van der Waals surface area contributed by atoms with Gasteiger partial charge in [-0.25, -0.2) is 14.8 Å². The van der Waals surface area contributed by atoms with E-state index in [2.05, 4.69) is 135 Å². The number of aromatic nitrogens is 4. The lowest BCUT2D eigenvalue weighted by Crippen LogP contribution is -2.47. The molecule has 0 atom stereocenters. The molecule has 7 aromatic rings. The van der Waals surface area contributed by atoms with Gasteiger partial charge in [0.05, 0.1) is 24.4 Å². The van der Waals surface area contributed by atoms with Crippen molar-refractivity contribution in [3.63, 3.8) is 0 Å². The number of nitrogens with zero attached hydrogens (tertiary/aromatic N) is 6. The van der Waals surface area contributed by atoms with Crippen LogP contribution < -0.4 is 9.80 Å². The Kier molecular flexibility index (Phi) is 8.26. The number of carbonyl (C=O) groups excluding carboxylic acids is 1. The second-order valence-electron chi connectivity index (χ2n) is 12.4. The van der Waals surface area contributed by atoms with Crippen LogP contribution in [0.5, 0.6) is 0 Å². The quantitative estimate of drug-likeness (QED) is 0.124. The van der Waals surface area contributed by atoms with Gasteiger partial charge in [-0.05, 0) is 52.6 Å². The highest BCUT2D eigenvalue weighted by Gasteiger charge is 2.39. The summed E-state index contributed by atoms with van der Waals surface area (Å²) in [6.45, 7) is 3.15. The maximum absolute atomic E-state index is 12.1. The van der Waals surface area contributed by atoms with Crippen LogP contribution in [0.4, 0.5) is 11.5 Å². The molecule has 0 spiro atoms. The lowest BCUT2D eigenvalue weighted by Gasteiger charge is -2.37. The van der Waals surface area contributed by atoms with E-state index in [1.54, 1.807) is 12.4 Å². The van der Waals surface area contributed by atoms with Crippen LogP contribution in [0.25, 0.3) is 22.0 Å². The summed E-state index contributed by atoms with van der Waals surface area (Å²) < 4.78 is 7.03.